The number of carboxylic acids is 1. The van der Waals surface area contributed by atoms with Gasteiger partial charge >= 0.3 is 11.6 Å². The van der Waals surface area contributed by atoms with Gasteiger partial charge in [0.1, 0.15) is 11.3 Å². The third kappa shape index (κ3) is 4.35. The molecule has 1 aliphatic rings. The molecule has 1 aromatic heterocycles. The fraction of sp³-hybridized carbons (Fsp3) is 0.476. The molecule has 28 heavy (non-hydrogen) atoms. The highest BCUT2D eigenvalue weighted by atomic mass is 16.5. The third-order valence-corrected chi connectivity index (χ3v) is 5.10. The van der Waals surface area contributed by atoms with Crippen LogP contribution in [0.25, 0.3) is 11.0 Å². The molecule has 150 valence electrons. The number of carboxylic acid groups (broad SMARTS) is 1. The van der Waals surface area contributed by atoms with E-state index < -0.39 is 11.6 Å². The predicted molar refractivity (Wildman–Crippen MR) is 104 cm³/mol. The summed E-state index contributed by atoms with van der Waals surface area (Å²) >= 11 is 0. The summed E-state index contributed by atoms with van der Waals surface area (Å²) in [7, 11) is 0. The van der Waals surface area contributed by atoms with E-state index >= 15 is 0 Å². The lowest BCUT2D eigenvalue weighted by Crippen LogP contribution is -2.42. The minimum Gasteiger partial charge on any atom is -0.483 e. The molecule has 1 fully saturated rings. The van der Waals surface area contributed by atoms with Gasteiger partial charge in [-0.05, 0) is 49.4 Å². The van der Waals surface area contributed by atoms with Crippen LogP contribution in [-0.4, -0.2) is 41.6 Å². The molecule has 0 spiro atoms. The normalized spacial score (nSPS) is 15.0. The molecule has 1 aliphatic heterocycles. The zero-order valence-corrected chi connectivity index (χ0v) is 16.2. The second kappa shape index (κ2) is 8.46. The molecule has 0 atom stereocenters. The third-order valence-electron chi connectivity index (χ3n) is 5.10. The van der Waals surface area contributed by atoms with Gasteiger partial charge in [0.25, 0.3) is 5.91 Å². The second-order valence-corrected chi connectivity index (χ2v) is 7.26. The van der Waals surface area contributed by atoms with E-state index in [-0.39, 0.29) is 18.4 Å². The smallest absolute Gasteiger partial charge is 0.336 e. The zero-order chi connectivity index (χ0) is 20.3. The van der Waals surface area contributed by atoms with Crippen molar-refractivity contribution in [1.29, 1.82) is 0 Å². The first-order valence-electron chi connectivity index (χ1n) is 9.59. The molecule has 1 aromatic carbocycles. The minimum atomic E-state index is -0.806. The van der Waals surface area contributed by atoms with Crippen LogP contribution in [0, 0.1) is 12.8 Å². The number of likely N-dealkylation sites (tertiary alicyclic amines) is 1. The lowest BCUT2D eigenvalue weighted by molar-refractivity contribution is -0.146. The topological polar surface area (TPSA) is 97.0 Å². The summed E-state index contributed by atoms with van der Waals surface area (Å²) in [5.74, 6) is -0.839. The Morgan fingerprint density at radius 3 is 2.61 bits per heavy atom. The molecule has 7 nitrogen and oxygen atoms in total. The predicted octanol–water partition coefficient (Wildman–Crippen LogP) is 2.76. The average Bonchev–Trinajstić information content (AvgIpc) is 2.65. The van der Waals surface area contributed by atoms with Crippen molar-refractivity contribution in [3.05, 3.63) is 39.7 Å². The van der Waals surface area contributed by atoms with Crippen LogP contribution < -0.4 is 10.4 Å². The fourth-order valence-electron chi connectivity index (χ4n) is 3.66. The van der Waals surface area contributed by atoms with Gasteiger partial charge in [0.2, 0.25) is 0 Å². The molecule has 7 heteroatoms. The van der Waals surface area contributed by atoms with E-state index in [1.807, 2.05) is 19.9 Å². The molecule has 0 aliphatic carbocycles. The van der Waals surface area contributed by atoms with Crippen LogP contribution >= 0.6 is 0 Å². The highest BCUT2D eigenvalue weighted by Crippen LogP contribution is 2.30. The first-order valence-corrected chi connectivity index (χ1v) is 9.59. The summed E-state index contributed by atoms with van der Waals surface area (Å²) in [6, 6.07) is 5.11. The summed E-state index contributed by atoms with van der Waals surface area (Å²) in [4.78, 5) is 37.0. The molecule has 2 heterocycles. The van der Waals surface area contributed by atoms with Crippen molar-refractivity contribution in [3.8, 4) is 5.75 Å². The van der Waals surface area contributed by atoms with E-state index in [0.717, 1.165) is 22.9 Å². The fourth-order valence-corrected chi connectivity index (χ4v) is 3.66. The molecule has 3 rings (SSSR count). The quantitative estimate of drug-likeness (QED) is 0.766. The van der Waals surface area contributed by atoms with Crippen molar-refractivity contribution in [1.82, 2.24) is 4.90 Å². The largest absolute Gasteiger partial charge is 0.483 e. The number of fused-ring (bicyclic) bond motifs is 1. The molecule has 0 saturated carbocycles. The summed E-state index contributed by atoms with van der Waals surface area (Å²) in [6.45, 7) is 4.60. The number of hydrogen-bond donors (Lipinski definition) is 1. The van der Waals surface area contributed by atoms with Gasteiger partial charge in [-0.1, -0.05) is 13.3 Å². The number of aliphatic carboxylic acids is 1. The molecular weight excluding hydrogens is 362 g/mol. The van der Waals surface area contributed by atoms with E-state index in [2.05, 4.69) is 0 Å². The number of amides is 1. The van der Waals surface area contributed by atoms with Gasteiger partial charge in [-0.15, -0.1) is 0 Å². The Labute approximate surface area is 162 Å². The highest BCUT2D eigenvalue weighted by Gasteiger charge is 2.27. The summed E-state index contributed by atoms with van der Waals surface area (Å²) in [6.07, 6.45) is 2.49. The maximum absolute atomic E-state index is 12.5. The lowest BCUT2D eigenvalue weighted by Gasteiger charge is -2.30. The number of hydrogen-bond acceptors (Lipinski definition) is 5. The van der Waals surface area contributed by atoms with Crippen LogP contribution in [0.3, 0.4) is 0 Å². The molecule has 1 amide bonds. The van der Waals surface area contributed by atoms with Crippen molar-refractivity contribution >= 4 is 22.8 Å². The van der Waals surface area contributed by atoms with Crippen molar-refractivity contribution in [2.45, 2.75) is 39.5 Å². The van der Waals surface area contributed by atoms with Gasteiger partial charge in [-0.25, -0.2) is 4.79 Å². The molecule has 0 radical (unpaired) electrons. The van der Waals surface area contributed by atoms with Gasteiger partial charge in [0, 0.05) is 19.2 Å². The summed E-state index contributed by atoms with van der Waals surface area (Å²) in [5, 5.41) is 9.80. The van der Waals surface area contributed by atoms with Crippen molar-refractivity contribution in [2.24, 2.45) is 5.92 Å². The average molecular weight is 387 g/mol. The van der Waals surface area contributed by atoms with Crippen LogP contribution in [0.5, 0.6) is 5.75 Å². The van der Waals surface area contributed by atoms with Crippen molar-refractivity contribution in [3.63, 3.8) is 0 Å². The Morgan fingerprint density at radius 1 is 1.25 bits per heavy atom. The van der Waals surface area contributed by atoms with Crippen molar-refractivity contribution < 1.29 is 23.8 Å². The van der Waals surface area contributed by atoms with Gasteiger partial charge in [-0.2, -0.15) is 0 Å². The van der Waals surface area contributed by atoms with Crippen molar-refractivity contribution in [2.75, 3.05) is 19.7 Å². The Bertz CT molecular complexity index is 940. The van der Waals surface area contributed by atoms with E-state index in [1.165, 1.54) is 6.07 Å². The molecule has 1 N–H and O–H groups in total. The Kier molecular flexibility index (Phi) is 6.02. The maximum atomic E-state index is 12.5. The number of piperidine rings is 1. The second-order valence-electron chi connectivity index (χ2n) is 7.26. The SMILES string of the molecule is CCCc1cc(=O)oc2cc(C)cc(OCC(=O)N3CCC(C(=O)O)CC3)c12. The summed E-state index contributed by atoms with van der Waals surface area (Å²) in [5.41, 5.74) is 1.78. The van der Waals surface area contributed by atoms with Gasteiger partial charge in [-0.3, -0.25) is 9.59 Å². The number of carbonyl (C=O) groups is 2. The standard InChI is InChI=1S/C21H25NO6/c1-3-4-15-11-19(24)28-17-10-13(2)9-16(20(15)17)27-12-18(23)22-7-5-14(6-8-22)21(25)26/h9-11,14H,3-8,12H2,1-2H3,(H,25,26). The van der Waals surface area contributed by atoms with Gasteiger partial charge < -0.3 is 19.2 Å². The van der Waals surface area contributed by atoms with Crippen LogP contribution in [0.4, 0.5) is 0 Å². The van der Waals surface area contributed by atoms with Crippen LogP contribution in [-0.2, 0) is 16.0 Å². The van der Waals surface area contributed by atoms with E-state index in [1.54, 1.807) is 11.0 Å². The lowest BCUT2D eigenvalue weighted by atomic mass is 9.97. The van der Waals surface area contributed by atoms with Crippen LogP contribution in [0.2, 0.25) is 0 Å². The monoisotopic (exact) mass is 387 g/mol. The van der Waals surface area contributed by atoms with Gasteiger partial charge in [0.15, 0.2) is 6.61 Å². The molecule has 1 saturated heterocycles. The van der Waals surface area contributed by atoms with Crippen LogP contribution in [0.1, 0.15) is 37.3 Å². The number of rotatable bonds is 6. The van der Waals surface area contributed by atoms with Gasteiger partial charge in [0.05, 0.1) is 11.3 Å². The highest BCUT2D eigenvalue weighted by molar-refractivity contribution is 5.88. The molecular formula is C21H25NO6. The first kappa shape index (κ1) is 19.9. The van der Waals surface area contributed by atoms with Crippen LogP contribution in [0.15, 0.2) is 27.4 Å². The number of ether oxygens (including phenoxy) is 1. The molecule has 0 bridgehead atoms. The zero-order valence-electron chi connectivity index (χ0n) is 16.2. The number of aryl methyl sites for hydroxylation is 2. The number of carbonyl (C=O) groups excluding carboxylic acids is 1. The van der Waals surface area contributed by atoms with E-state index in [9.17, 15) is 14.4 Å². The Morgan fingerprint density at radius 2 is 1.96 bits per heavy atom. The summed E-state index contributed by atoms with van der Waals surface area (Å²) < 4.78 is 11.2. The minimum absolute atomic E-state index is 0.138. The van der Waals surface area contributed by atoms with E-state index in [4.69, 9.17) is 14.3 Å². The maximum Gasteiger partial charge on any atom is 0.336 e. The Hall–Kier alpha value is -2.83. The van der Waals surface area contributed by atoms with E-state index in [0.29, 0.717) is 43.7 Å². The first-order chi connectivity index (χ1) is 13.4. The number of nitrogens with zero attached hydrogens (tertiary/aromatic N) is 1. The Balaban J connectivity index is 1.78. The molecule has 2 aromatic rings. The molecule has 0 unspecified atom stereocenters. The number of benzene rings is 1.